The molecule has 0 heterocycles. The van der Waals surface area contributed by atoms with E-state index in [1.165, 1.54) is 0 Å². The van der Waals surface area contributed by atoms with Crippen molar-refractivity contribution in [3.05, 3.63) is 28.2 Å². The van der Waals surface area contributed by atoms with Gasteiger partial charge in [-0.3, -0.25) is 4.79 Å². The summed E-state index contributed by atoms with van der Waals surface area (Å²) in [6.45, 7) is 9.15. The highest BCUT2D eigenvalue weighted by Crippen LogP contribution is 2.27. The minimum atomic E-state index is -0.904. The number of nitriles is 1. The first-order valence-corrected chi connectivity index (χ1v) is 7.65. The molecule has 1 amide bonds. The predicted molar refractivity (Wildman–Crippen MR) is 86.0 cm³/mol. The van der Waals surface area contributed by atoms with Gasteiger partial charge < -0.3 is 10.1 Å². The normalized spacial score (nSPS) is 15.0. The molecule has 21 heavy (non-hydrogen) atoms. The average molecular weight is 353 g/mol. The summed E-state index contributed by atoms with van der Waals surface area (Å²) >= 11 is 3.41. The summed E-state index contributed by atoms with van der Waals surface area (Å²) in [5, 5.41) is 12.0. The molecule has 0 radical (unpaired) electrons. The van der Waals surface area contributed by atoms with E-state index in [9.17, 15) is 10.1 Å². The summed E-state index contributed by atoms with van der Waals surface area (Å²) in [7, 11) is 0. The zero-order valence-corrected chi connectivity index (χ0v) is 14.6. The average Bonchev–Trinajstić information content (AvgIpc) is 2.41. The Morgan fingerprint density at radius 3 is 2.52 bits per heavy atom. The van der Waals surface area contributed by atoms with Crippen LogP contribution in [-0.4, -0.2) is 17.6 Å². The second kappa shape index (κ2) is 6.95. The molecule has 0 fully saturated rings. The molecule has 5 heteroatoms. The molecule has 0 saturated carbocycles. The number of carbonyl (C=O) groups excluding carboxylic acids is 1. The molecular formula is C16H21BrN2O2. The van der Waals surface area contributed by atoms with Gasteiger partial charge in [-0.15, -0.1) is 0 Å². The summed E-state index contributed by atoms with van der Waals surface area (Å²) in [6.07, 6.45) is -0.685. The molecule has 2 atom stereocenters. The maximum absolute atomic E-state index is 12.2. The fourth-order valence-electron chi connectivity index (χ4n) is 1.60. The highest BCUT2D eigenvalue weighted by atomic mass is 79.9. The van der Waals surface area contributed by atoms with Crippen LogP contribution >= 0.6 is 15.9 Å². The van der Waals surface area contributed by atoms with Crippen LogP contribution in [-0.2, 0) is 4.79 Å². The maximum Gasteiger partial charge on any atom is 0.262 e. The van der Waals surface area contributed by atoms with Crippen molar-refractivity contribution in [3.63, 3.8) is 0 Å². The zero-order valence-electron chi connectivity index (χ0n) is 13.0. The van der Waals surface area contributed by atoms with Gasteiger partial charge in [-0.25, -0.2) is 0 Å². The molecule has 0 aromatic heterocycles. The fourth-order valence-corrected chi connectivity index (χ4v) is 2.19. The van der Waals surface area contributed by atoms with Gasteiger partial charge in [0, 0.05) is 0 Å². The van der Waals surface area contributed by atoms with Gasteiger partial charge in [0.25, 0.3) is 5.91 Å². The summed E-state index contributed by atoms with van der Waals surface area (Å²) in [5.74, 6) is 0.302. The molecule has 2 unspecified atom stereocenters. The van der Waals surface area contributed by atoms with E-state index in [-0.39, 0.29) is 11.8 Å². The van der Waals surface area contributed by atoms with Crippen LogP contribution in [0.1, 0.15) is 33.3 Å². The first-order chi connectivity index (χ1) is 9.69. The lowest BCUT2D eigenvalue weighted by atomic mass is 9.90. The number of nitrogens with one attached hydrogen (secondary N) is 1. The van der Waals surface area contributed by atoms with Crippen LogP contribution < -0.4 is 10.1 Å². The first-order valence-electron chi connectivity index (χ1n) is 6.85. The first kappa shape index (κ1) is 17.5. The van der Waals surface area contributed by atoms with E-state index in [1.807, 2.05) is 39.0 Å². The van der Waals surface area contributed by atoms with E-state index >= 15 is 0 Å². The van der Waals surface area contributed by atoms with Gasteiger partial charge in [0.1, 0.15) is 11.3 Å². The van der Waals surface area contributed by atoms with Gasteiger partial charge in [0.05, 0.1) is 10.5 Å². The monoisotopic (exact) mass is 352 g/mol. The van der Waals surface area contributed by atoms with Crippen LogP contribution in [0.3, 0.4) is 0 Å². The summed E-state index contributed by atoms with van der Waals surface area (Å²) < 4.78 is 6.46. The Morgan fingerprint density at radius 1 is 1.43 bits per heavy atom. The summed E-state index contributed by atoms with van der Waals surface area (Å²) in [6, 6.07) is 7.80. The third kappa shape index (κ3) is 4.47. The van der Waals surface area contributed by atoms with Crippen LogP contribution in [0, 0.1) is 24.2 Å². The quantitative estimate of drug-likeness (QED) is 0.880. The smallest absolute Gasteiger partial charge is 0.262 e. The number of ether oxygens (including phenoxy) is 1. The van der Waals surface area contributed by atoms with E-state index in [4.69, 9.17) is 4.74 Å². The molecule has 1 aromatic rings. The third-order valence-corrected chi connectivity index (χ3v) is 4.15. The number of aryl methyl sites for hydroxylation is 1. The number of halogens is 1. The minimum Gasteiger partial charge on any atom is -0.480 e. The molecule has 114 valence electrons. The van der Waals surface area contributed by atoms with Crippen LogP contribution in [0.15, 0.2) is 22.7 Å². The highest BCUT2D eigenvalue weighted by Gasteiger charge is 2.32. The van der Waals surface area contributed by atoms with Gasteiger partial charge in [-0.2, -0.15) is 5.26 Å². The molecule has 0 saturated heterocycles. The van der Waals surface area contributed by atoms with Gasteiger partial charge >= 0.3 is 0 Å². The largest absolute Gasteiger partial charge is 0.480 e. The number of carbonyl (C=O) groups is 1. The topological polar surface area (TPSA) is 62.1 Å². The number of hydrogen-bond donors (Lipinski definition) is 1. The van der Waals surface area contributed by atoms with E-state index < -0.39 is 11.6 Å². The van der Waals surface area contributed by atoms with Crippen molar-refractivity contribution in [2.75, 3.05) is 0 Å². The van der Waals surface area contributed by atoms with Crippen molar-refractivity contribution in [1.29, 1.82) is 5.26 Å². The third-order valence-electron chi connectivity index (χ3n) is 3.53. The highest BCUT2D eigenvalue weighted by molar-refractivity contribution is 9.10. The van der Waals surface area contributed by atoms with Gasteiger partial charge in [-0.05, 0) is 60.3 Å². The molecular weight excluding hydrogens is 332 g/mol. The lowest BCUT2D eigenvalue weighted by Crippen LogP contribution is -2.52. The maximum atomic E-state index is 12.2. The number of benzene rings is 1. The van der Waals surface area contributed by atoms with Gasteiger partial charge in [0.15, 0.2) is 6.10 Å². The Kier molecular flexibility index (Phi) is 5.79. The Morgan fingerprint density at radius 2 is 2.05 bits per heavy atom. The van der Waals surface area contributed by atoms with E-state index in [1.54, 1.807) is 13.8 Å². The Labute approximate surface area is 134 Å². The van der Waals surface area contributed by atoms with Crippen molar-refractivity contribution in [3.8, 4) is 11.8 Å². The van der Waals surface area contributed by atoms with Crippen LogP contribution in [0.2, 0.25) is 0 Å². The molecule has 0 aliphatic rings. The number of rotatable bonds is 5. The minimum absolute atomic E-state index is 0.00441. The summed E-state index contributed by atoms with van der Waals surface area (Å²) in [5.41, 5.74) is 0.197. The molecule has 0 bridgehead atoms. The lowest BCUT2D eigenvalue weighted by Gasteiger charge is -2.29. The van der Waals surface area contributed by atoms with Gasteiger partial charge in [0.2, 0.25) is 0 Å². The van der Waals surface area contributed by atoms with Crippen molar-refractivity contribution in [2.24, 2.45) is 5.92 Å². The molecule has 1 N–H and O–H groups in total. The van der Waals surface area contributed by atoms with Crippen molar-refractivity contribution in [1.82, 2.24) is 5.32 Å². The number of hydrogen-bond acceptors (Lipinski definition) is 3. The van der Waals surface area contributed by atoms with Crippen LogP contribution in [0.25, 0.3) is 0 Å². The van der Waals surface area contributed by atoms with Gasteiger partial charge in [-0.1, -0.05) is 19.9 Å². The SMILES string of the molecule is Cc1ccc(OC(C)C(=O)NC(C)(C#N)C(C)C)c(Br)c1. The second-order valence-electron chi connectivity index (χ2n) is 5.65. The molecule has 0 spiro atoms. The molecule has 1 aromatic carbocycles. The van der Waals surface area contributed by atoms with Crippen molar-refractivity contribution >= 4 is 21.8 Å². The Balaban J connectivity index is 2.78. The van der Waals surface area contributed by atoms with E-state index in [0.29, 0.717) is 5.75 Å². The molecule has 1 rings (SSSR count). The molecule has 0 aliphatic heterocycles. The molecule has 0 aliphatic carbocycles. The number of amides is 1. The van der Waals surface area contributed by atoms with Crippen LogP contribution in [0.4, 0.5) is 0 Å². The zero-order chi connectivity index (χ0) is 16.2. The Bertz CT molecular complexity index is 566. The van der Waals surface area contributed by atoms with E-state index in [0.717, 1.165) is 10.0 Å². The van der Waals surface area contributed by atoms with E-state index in [2.05, 4.69) is 27.3 Å². The number of nitrogens with zero attached hydrogens (tertiary/aromatic N) is 1. The van der Waals surface area contributed by atoms with Crippen molar-refractivity contribution < 1.29 is 9.53 Å². The van der Waals surface area contributed by atoms with Crippen molar-refractivity contribution in [2.45, 2.75) is 46.3 Å². The van der Waals surface area contributed by atoms with Crippen LogP contribution in [0.5, 0.6) is 5.75 Å². The fraction of sp³-hybridized carbons (Fsp3) is 0.500. The lowest BCUT2D eigenvalue weighted by molar-refractivity contribution is -0.129. The molecule has 4 nitrogen and oxygen atoms in total. The Hall–Kier alpha value is -1.54. The second-order valence-corrected chi connectivity index (χ2v) is 6.51. The predicted octanol–water partition coefficient (Wildman–Crippen LogP) is 3.58. The standard InChI is InChI=1S/C16H21BrN2O2/c1-10(2)16(5,9-18)19-15(20)12(4)21-14-7-6-11(3)8-13(14)17/h6-8,10,12H,1-5H3,(H,19,20). The summed E-state index contributed by atoms with van der Waals surface area (Å²) in [4.78, 5) is 12.2.